The number of carbonyl (C=O) groups is 1. The van der Waals surface area contributed by atoms with Crippen LogP contribution in [0.15, 0.2) is 18.2 Å². The van der Waals surface area contributed by atoms with Crippen molar-refractivity contribution in [2.75, 3.05) is 0 Å². The lowest BCUT2D eigenvalue weighted by Crippen LogP contribution is -2.41. The summed E-state index contributed by atoms with van der Waals surface area (Å²) in [7, 11) is 0. The molecule has 3 N–H and O–H groups in total. The summed E-state index contributed by atoms with van der Waals surface area (Å²) in [4.78, 5) is 12.2. The number of rotatable bonds is 5. The molecule has 1 unspecified atom stereocenters. The molecular formula is C16H23ClN2O2. The van der Waals surface area contributed by atoms with Crippen LogP contribution in [0.4, 0.5) is 0 Å². The molecule has 1 amide bonds. The first-order valence-corrected chi connectivity index (χ1v) is 7.87. The lowest BCUT2D eigenvalue weighted by molar-refractivity contribution is -0.128. The summed E-state index contributed by atoms with van der Waals surface area (Å²) in [5.41, 5.74) is 6.74. The molecule has 0 radical (unpaired) electrons. The van der Waals surface area contributed by atoms with Gasteiger partial charge in [-0.2, -0.15) is 0 Å². The third-order valence-corrected chi connectivity index (χ3v) is 4.07. The van der Waals surface area contributed by atoms with Gasteiger partial charge in [0.05, 0.1) is 0 Å². The summed E-state index contributed by atoms with van der Waals surface area (Å²) < 4.78 is 5.78. The monoisotopic (exact) mass is 310 g/mol. The number of amides is 1. The number of benzene rings is 1. The normalized spacial score (nSPS) is 18.3. The van der Waals surface area contributed by atoms with Gasteiger partial charge in [-0.05, 0) is 44.9 Å². The van der Waals surface area contributed by atoms with Crippen molar-refractivity contribution in [1.29, 1.82) is 0 Å². The van der Waals surface area contributed by atoms with Gasteiger partial charge in [-0.3, -0.25) is 4.79 Å². The van der Waals surface area contributed by atoms with E-state index in [4.69, 9.17) is 22.1 Å². The van der Waals surface area contributed by atoms with Gasteiger partial charge in [0.25, 0.3) is 5.91 Å². The minimum Gasteiger partial charge on any atom is -0.481 e. The van der Waals surface area contributed by atoms with Crippen LogP contribution in [0.1, 0.15) is 51.1 Å². The van der Waals surface area contributed by atoms with E-state index in [0.717, 1.165) is 18.4 Å². The molecule has 1 aliphatic carbocycles. The van der Waals surface area contributed by atoms with Gasteiger partial charge in [-0.15, -0.1) is 0 Å². The summed E-state index contributed by atoms with van der Waals surface area (Å²) in [6, 6.07) is 5.37. The molecule has 1 fully saturated rings. The highest BCUT2D eigenvalue weighted by Crippen LogP contribution is 2.28. The summed E-state index contributed by atoms with van der Waals surface area (Å²) in [6.07, 6.45) is 3.94. The Morgan fingerprint density at radius 2 is 2.05 bits per heavy atom. The quantitative estimate of drug-likeness (QED) is 0.878. The average Bonchev–Trinajstić information content (AvgIpc) is 2.93. The topological polar surface area (TPSA) is 64.3 Å². The Balaban J connectivity index is 2.01. The van der Waals surface area contributed by atoms with Crippen LogP contribution in [0.3, 0.4) is 0 Å². The average molecular weight is 311 g/mol. The SMILES string of the molecule is CC(Oc1ccc(Cl)cc1[C@H](C)N)C(=O)NC1CCCC1. The van der Waals surface area contributed by atoms with E-state index in [1.54, 1.807) is 25.1 Å². The van der Waals surface area contributed by atoms with E-state index in [9.17, 15) is 4.79 Å². The van der Waals surface area contributed by atoms with Crippen molar-refractivity contribution in [3.05, 3.63) is 28.8 Å². The molecule has 0 aromatic heterocycles. The number of carbonyl (C=O) groups excluding carboxylic acids is 1. The molecule has 4 nitrogen and oxygen atoms in total. The Labute approximate surface area is 131 Å². The summed E-state index contributed by atoms with van der Waals surface area (Å²) in [5, 5.41) is 3.65. The third-order valence-electron chi connectivity index (χ3n) is 3.84. The zero-order chi connectivity index (χ0) is 15.4. The van der Waals surface area contributed by atoms with Crippen LogP contribution in [0.2, 0.25) is 5.02 Å². The molecule has 1 aromatic rings. The molecule has 116 valence electrons. The first-order chi connectivity index (χ1) is 9.97. The van der Waals surface area contributed by atoms with E-state index < -0.39 is 6.10 Å². The van der Waals surface area contributed by atoms with Crippen LogP contribution < -0.4 is 15.8 Å². The smallest absolute Gasteiger partial charge is 0.260 e. The largest absolute Gasteiger partial charge is 0.481 e. The second kappa shape index (κ2) is 7.14. The fourth-order valence-corrected chi connectivity index (χ4v) is 2.80. The fourth-order valence-electron chi connectivity index (χ4n) is 2.62. The Kier molecular flexibility index (Phi) is 5.48. The standard InChI is InChI=1S/C16H23ClN2O2/c1-10(18)14-9-12(17)7-8-15(14)21-11(2)16(20)19-13-5-3-4-6-13/h7-11,13H,3-6,18H2,1-2H3,(H,19,20)/t10-,11?/m0/s1. The molecule has 2 atom stereocenters. The van der Waals surface area contributed by atoms with Gasteiger partial charge >= 0.3 is 0 Å². The molecule has 0 heterocycles. The van der Waals surface area contributed by atoms with E-state index in [1.165, 1.54) is 12.8 Å². The lowest BCUT2D eigenvalue weighted by Gasteiger charge is -2.20. The van der Waals surface area contributed by atoms with Gasteiger partial charge in [0.2, 0.25) is 0 Å². The maximum absolute atomic E-state index is 12.2. The van der Waals surface area contributed by atoms with Crippen LogP contribution in [-0.4, -0.2) is 18.1 Å². The minimum absolute atomic E-state index is 0.0764. The van der Waals surface area contributed by atoms with Gasteiger partial charge in [0.15, 0.2) is 6.10 Å². The molecular weight excluding hydrogens is 288 g/mol. The molecule has 2 rings (SSSR count). The van der Waals surface area contributed by atoms with Gasteiger partial charge in [0.1, 0.15) is 5.75 Å². The number of nitrogens with one attached hydrogen (secondary N) is 1. The van der Waals surface area contributed by atoms with E-state index in [2.05, 4.69) is 5.32 Å². The fraction of sp³-hybridized carbons (Fsp3) is 0.562. The molecule has 0 aliphatic heterocycles. The van der Waals surface area contributed by atoms with E-state index in [0.29, 0.717) is 16.8 Å². The van der Waals surface area contributed by atoms with Gasteiger partial charge in [-0.1, -0.05) is 24.4 Å². The predicted octanol–water partition coefficient (Wildman–Crippen LogP) is 3.19. The van der Waals surface area contributed by atoms with E-state index >= 15 is 0 Å². The van der Waals surface area contributed by atoms with Crippen LogP contribution >= 0.6 is 11.6 Å². The maximum Gasteiger partial charge on any atom is 0.260 e. The molecule has 5 heteroatoms. The molecule has 1 aromatic carbocycles. The van der Waals surface area contributed by atoms with Crippen molar-refractivity contribution >= 4 is 17.5 Å². The highest BCUT2D eigenvalue weighted by Gasteiger charge is 2.22. The Hall–Kier alpha value is -1.26. The van der Waals surface area contributed by atoms with Crippen molar-refractivity contribution in [2.45, 2.75) is 57.7 Å². The number of ether oxygens (including phenoxy) is 1. The first-order valence-electron chi connectivity index (χ1n) is 7.49. The molecule has 21 heavy (non-hydrogen) atoms. The van der Waals surface area contributed by atoms with Gasteiger partial charge < -0.3 is 15.8 Å². The number of nitrogens with two attached hydrogens (primary N) is 1. The maximum atomic E-state index is 12.2. The Morgan fingerprint density at radius 1 is 1.38 bits per heavy atom. The van der Waals surface area contributed by atoms with E-state index in [-0.39, 0.29) is 11.9 Å². The second-order valence-electron chi connectivity index (χ2n) is 5.72. The van der Waals surface area contributed by atoms with Crippen LogP contribution in [0, 0.1) is 0 Å². The zero-order valence-electron chi connectivity index (χ0n) is 12.6. The lowest BCUT2D eigenvalue weighted by atomic mass is 10.1. The Bertz CT molecular complexity index is 499. The Morgan fingerprint density at radius 3 is 2.67 bits per heavy atom. The van der Waals surface area contributed by atoms with Crippen molar-refractivity contribution in [3.63, 3.8) is 0 Å². The highest BCUT2D eigenvalue weighted by atomic mass is 35.5. The molecule has 0 bridgehead atoms. The molecule has 1 aliphatic rings. The third kappa shape index (κ3) is 4.35. The number of hydrogen-bond donors (Lipinski definition) is 2. The van der Waals surface area contributed by atoms with Crippen molar-refractivity contribution in [2.24, 2.45) is 5.73 Å². The number of hydrogen-bond acceptors (Lipinski definition) is 3. The minimum atomic E-state index is -0.552. The molecule has 0 spiro atoms. The summed E-state index contributed by atoms with van der Waals surface area (Å²) in [6.45, 7) is 3.62. The van der Waals surface area contributed by atoms with E-state index in [1.807, 2.05) is 6.92 Å². The van der Waals surface area contributed by atoms with Crippen LogP contribution in [0.5, 0.6) is 5.75 Å². The predicted molar refractivity (Wildman–Crippen MR) is 84.5 cm³/mol. The molecule has 0 saturated heterocycles. The summed E-state index contributed by atoms with van der Waals surface area (Å²) in [5.74, 6) is 0.538. The summed E-state index contributed by atoms with van der Waals surface area (Å²) >= 11 is 5.98. The first kappa shape index (κ1) is 16.1. The van der Waals surface area contributed by atoms with Crippen LogP contribution in [-0.2, 0) is 4.79 Å². The number of halogens is 1. The van der Waals surface area contributed by atoms with Crippen molar-refractivity contribution < 1.29 is 9.53 Å². The second-order valence-corrected chi connectivity index (χ2v) is 6.16. The van der Waals surface area contributed by atoms with Crippen molar-refractivity contribution in [1.82, 2.24) is 5.32 Å². The van der Waals surface area contributed by atoms with Gasteiger partial charge in [-0.25, -0.2) is 0 Å². The molecule has 1 saturated carbocycles. The zero-order valence-corrected chi connectivity index (χ0v) is 13.3. The van der Waals surface area contributed by atoms with Gasteiger partial charge in [0, 0.05) is 22.7 Å². The van der Waals surface area contributed by atoms with Crippen molar-refractivity contribution in [3.8, 4) is 5.75 Å². The van der Waals surface area contributed by atoms with Crippen LogP contribution in [0.25, 0.3) is 0 Å². The highest BCUT2D eigenvalue weighted by molar-refractivity contribution is 6.30.